The third-order valence-corrected chi connectivity index (χ3v) is 3.69. The summed E-state index contributed by atoms with van der Waals surface area (Å²) in [6.45, 7) is 0.442. The summed E-state index contributed by atoms with van der Waals surface area (Å²) in [5.41, 5.74) is 6.67. The first-order valence-corrected chi connectivity index (χ1v) is 7.04. The normalized spacial score (nSPS) is 10.3. The summed E-state index contributed by atoms with van der Waals surface area (Å²) in [5, 5.41) is 0. The number of rotatable bonds is 4. The zero-order valence-electron chi connectivity index (χ0n) is 10.8. The number of halogens is 1. The summed E-state index contributed by atoms with van der Waals surface area (Å²) in [6.07, 6.45) is 1.71. The van der Waals surface area contributed by atoms with Crippen LogP contribution in [0.1, 0.15) is 11.1 Å². The highest BCUT2D eigenvalue weighted by Gasteiger charge is 2.07. The molecule has 6 heteroatoms. The van der Waals surface area contributed by atoms with Crippen LogP contribution in [0.4, 0.5) is 0 Å². The SMILES string of the molecule is COc1ccc(Cn2cccc(C(N)=S)c2=O)cc1Br. The number of nitrogens with two attached hydrogens (primary N) is 1. The number of aromatic nitrogens is 1. The Morgan fingerprint density at radius 3 is 2.80 bits per heavy atom. The van der Waals surface area contributed by atoms with E-state index in [0.717, 1.165) is 15.8 Å². The zero-order valence-corrected chi connectivity index (χ0v) is 13.2. The molecule has 0 bridgehead atoms. The highest BCUT2D eigenvalue weighted by molar-refractivity contribution is 9.10. The Labute approximate surface area is 130 Å². The maximum absolute atomic E-state index is 12.2. The first-order chi connectivity index (χ1) is 9.52. The molecular weight excluding hydrogens is 340 g/mol. The van der Waals surface area contributed by atoms with Crippen LogP contribution in [0.3, 0.4) is 0 Å². The van der Waals surface area contributed by atoms with Gasteiger partial charge in [-0.2, -0.15) is 0 Å². The van der Waals surface area contributed by atoms with E-state index < -0.39 is 0 Å². The largest absolute Gasteiger partial charge is 0.496 e. The van der Waals surface area contributed by atoms with Crippen molar-refractivity contribution < 1.29 is 4.74 Å². The number of benzene rings is 1. The predicted molar refractivity (Wildman–Crippen MR) is 86.4 cm³/mol. The van der Waals surface area contributed by atoms with Crippen LogP contribution in [-0.2, 0) is 6.54 Å². The Balaban J connectivity index is 2.35. The van der Waals surface area contributed by atoms with Crippen LogP contribution in [0, 0.1) is 0 Å². The summed E-state index contributed by atoms with van der Waals surface area (Å²) in [5.74, 6) is 0.748. The highest BCUT2D eigenvalue weighted by Crippen LogP contribution is 2.25. The van der Waals surface area contributed by atoms with Gasteiger partial charge in [-0.15, -0.1) is 0 Å². The van der Waals surface area contributed by atoms with Crippen LogP contribution >= 0.6 is 28.1 Å². The lowest BCUT2D eigenvalue weighted by Crippen LogP contribution is -2.28. The second-order valence-electron chi connectivity index (χ2n) is 4.19. The van der Waals surface area contributed by atoms with Gasteiger partial charge in [-0.25, -0.2) is 0 Å². The molecule has 20 heavy (non-hydrogen) atoms. The van der Waals surface area contributed by atoms with Crippen LogP contribution in [0.15, 0.2) is 45.8 Å². The van der Waals surface area contributed by atoms with E-state index in [1.807, 2.05) is 18.2 Å². The van der Waals surface area contributed by atoms with E-state index in [0.29, 0.717) is 12.1 Å². The van der Waals surface area contributed by atoms with Crippen molar-refractivity contribution >= 4 is 33.1 Å². The van der Waals surface area contributed by atoms with Gasteiger partial charge in [-0.05, 0) is 45.8 Å². The summed E-state index contributed by atoms with van der Waals surface area (Å²) < 4.78 is 7.59. The van der Waals surface area contributed by atoms with Gasteiger partial charge in [0.25, 0.3) is 5.56 Å². The van der Waals surface area contributed by atoms with Crippen molar-refractivity contribution in [3.05, 3.63) is 62.5 Å². The van der Waals surface area contributed by atoms with Gasteiger partial charge < -0.3 is 15.0 Å². The highest BCUT2D eigenvalue weighted by atomic mass is 79.9. The van der Waals surface area contributed by atoms with Crippen LogP contribution in [0.2, 0.25) is 0 Å². The molecule has 0 atom stereocenters. The minimum absolute atomic E-state index is 0.111. The molecule has 0 spiro atoms. The molecule has 1 aromatic heterocycles. The zero-order chi connectivity index (χ0) is 14.7. The Kier molecular flexibility index (Phi) is 4.57. The molecular formula is C14H13BrN2O2S. The molecule has 1 heterocycles. The molecule has 0 saturated heterocycles. The molecule has 0 aliphatic rings. The molecule has 0 aliphatic heterocycles. The average Bonchev–Trinajstić information content (AvgIpc) is 2.41. The second kappa shape index (κ2) is 6.19. The molecule has 1 aromatic carbocycles. The van der Waals surface area contributed by atoms with E-state index in [-0.39, 0.29) is 10.5 Å². The van der Waals surface area contributed by atoms with Crippen molar-refractivity contribution in [3.63, 3.8) is 0 Å². The maximum atomic E-state index is 12.2. The standard InChI is InChI=1S/C14H13BrN2O2S/c1-19-12-5-4-9(7-11(12)15)8-17-6-2-3-10(13(16)20)14(17)18/h2-7H,8H2,1H3,(H2,16,20). The Hall–Kier alpha value is -1.66. The van der Waals surface area contributed by atoms with Gasteiger partial charge in [0, 0.05) is 6.20 Å². The predicted octanol–water partition coefficient (Wildman–Crippen LogP) is 2.30. The van der Waals surface area contributed by atoms with Crippen molar-refractivity contribution in [1.29, 1.82) is 0 Å². The smallest absolute Gasteiger partial charge is 0.261 e. The first-order valence-electron chi connectivity index (χ1n) is 5.84. The van der Waals surface area contributed by atoms with Gasteiger partial charge in [0.05, 0.1) is 23.7 Å². The van der Waals surface area contributed by atoms with Gasteiger partial charge in [0.15, 0.2) is 0 Å². The van der Waals surface area contributed by atoms with Gasteiger partial charge in [-0.3, -0.25) is 4.79 Å². The number of hydrogen-bond acceptors (Lipinski definition) is 3. The van der Waals surface area contributed by atoms with Crippen molar-refractivity contribution in [1.82, 2.24) is 4.57 Å². The summed E-state index contributed by atoms with van der Waals surface area (Å²) in [6, 6.07) is 9.06. The van der Waals surface area contributed by atoms with Gasteiger partial charge in [-0.1, -0.05) is 18.3 Å². The maximum Gasteiger partial charge on any atom is 0.261 e. The Morgan fingerprint density at radius 2 is 2.20 bits per heavy atom. The van der Waals surface area contributed by atoms with Crippen molar-refractivity contribution in [2.24, 2.45) is 5.73 Å². The fraction of sp³-hybridized carbons (Fsp3) is 0.143. The second-order valence-corrected chi connectivity index (χ2v) is 5.48. The molecule has 104 valence electrons. The fourth-order valence-electron chi connectivity index (χ4n) is 1.85. The van der Waals surface area contributed by atoms with Crippen LogP contribution < -0.4 is 16.0 Å². The Morgan fingerprint density at radius 1 is 1.45 bits per heavy atom. The van der Waals surface area contributed by atoms with Crippen molar-refractivity contribution in [2.75, 3.05) is 7.11 Å². The summed E-state index contributed by atoms with van der Waals surface area (Å²) in [4.78, 5) is 12.3. The third kappa shape index (κ3) is 3.08. The summed E-state index contributed by atoms with van der Waals surface area (Å²) in [7, 11) is 1.61. The van der Waals surface area contributed by atoms with Crippen molar-refractivity contribution in [2.45, 2.75) is 6.54 Å². The van der Waals surface area contributed by atoms with Crippen LogP contribution in [0.5, 0.6) is 5.75 Å². The van der Waals surface area contributed by atoms with Gasteiger partial charge in [0.2, 0.25) is 0 Å². The topological polar surface area (TPSA) is 57.2 Å². The molecule has 0 unspecified atom stereocenters. The van der Waals surface area contributed by atoms with Crippen LogP contribution in [-0.4, -0.2) is 16.7 Å². The molecule has 0 saturated carbocycles. The third-order valence-electron chi connectivity index (χ3n) is 2.85. The number of methoxy groups -OCH3 is 1. The molecule has 0 fully saturated rings. The minimum Gasteiger partial charge on any atom is -0.496 e. The number of hydrogen-bond donors (Lipinski definition) is 1. The number of pyridine rings is 1. The lowest BCUT2D eigenvalue weighted by molar-refractivity contribution is 0.412. The molecule has 0 aliphatic carbocycles. The van der Waals surface area contributed by atoms with Gasteiger partial charge >= 0.3 is 0 Å². The molecule has 0 amide bonds. The molecule has 2 rings (SSSR count). The number of thiocarbonyl (C=S) groups is 1. The Bertz CT molecular complexity index is 713. The molecule has 2 N–H and O–H groups in total. The fourth-order valence-corrected chi connectivity index (χ4v) is 2.60. The number of nitrogens with zero attached hydrogens (tertiary/aromatic N) is 1. The van der Waals surface area contributed by atoms with E-state index in [4.69, 9.17) is 22.7 Å². The van der Waals surface area contributed by atoms with Crippen LogP contribution in [0.25, 0.3) is 0 Å². The number of ether oxygens (including phenoxy) is 1. The minimum atomic E-state index is -0.188. The molecule has 2 aromatic rings. The van der Waals surface area contributed by atoms with E-state index in [1.54, 1.807) is 30.0 Å². The van der Waals surface area contributed by atoms with E-state index in [2.05, 4.69) is 15.9 Å². The van der Waals surface area contributed by atoms with Crippen molar-refractivity contribution in [3.8, 4) is 5.75 Å². The lowest BCUT2D eigenvalue weighted by Gasteiger charge is -2.09. The molecule has 0 radical (unpaired) electrons. The quantitative estimate of drug-likeness (QED) is 0.857. The average molecular weight is 353 g/mol. The lowest BCUT2D eigenvalue weighted by atomic mass is 10.2. The molecule has 4 nitrogen and oxygen atoms in total. The van der Waals surface area contributed by atoms with E-state index >= 15 is 0 Å². The van der Waals surface area contributed by atoms with E-state index in [9.17, 15) is 4.79 Å². The van der Waals surface area contributed by atoms with E-state index in [1.165, 1.54) is 0 Å². The van der Waals surface area contributed by atoms with Gasteiger partial charge in [0.1, 0.15) is 10.7 Å². The monoisotopic (exact) mass is 352 g/mol. The first kappa shape index (κ1) is 14.7. The summed E-state index contributed by atoms with van der Waals surface area (Å²) >= 11 is 8.29.